The lowest BCUT2D eigenvalue weighted by atomic mass is 10.0. The molecule has 0 saturated carbocycles. The third-order valence-electron chi connectivity index (χ3n) is 7.92. The van der Waals surface area contributed by atoms with Crippen molar-refractivity contribution in [3.8, 4) is 28.7 Å². The summed E-state index contributed by atoms with van der Waals surface area (Å²) in [6, 6.07) is 22.1. The fourth-order valence-electron chi connectivity index (χ4n) is 5.50. The molecular formula is C36H35N3O9. The first-order chi connectivity index (χ1) is 23.2. The third-order valence-corrected chi connectivity index (χ3v) is 7.92. The molecule has 3 amide bonds. The van der Waals surface area contributed by atoms with Gasteiger partial charge in [0.2, 0.25) is 11.7 Å². The number of carbonyl (C=O) groups excluding carboxylic acids is 4. The summed E-state index contributed by atoms with van der Waals surface area (Å²) in [7, 11) is 7.43. The fraction of sp³-hybridized carbons (Fsp3) is 0.222. The first-order valence-electron chi connectivity index (χ1n) is 14.8. The summed E-state index contributed by atoms with van der Waals surface area (Å²) in [5.74, 6) is -0.694. The number of carbonyl (C=O) groups is 4. The molecular weight excluding hydrogens is 618 g/mol. The number of hydrogen-bond donors (Lipinski definition) is 1. The van der Waals surface area contributed by atoms with Crippen LogP contribution in [-0.2, 0) is 20.9 Å². The number of ketones is 1. The maximum absolute atomic E-state index is 14.5. The molecule has 0 radical (unpaired) electrons. The number of fused-ring (bicyclic) bond motifs is 1. The standard InChI is InChI=1S/C36H35N3O9/c1-44-25-14-10-22(11-15-25)20-39(31(40)21-38-28-9-7-6-8-27(28)33(41)36(38)43)32(35(42)37-24-12-16-26(45-2)17-13-24)23-18-29(46-3)34(48-5)30(19-23)47-4/h6-19,32H,20-21H2,1-5H3,(H,37,42). The number of rotatable bonds is 13. The molecule has 4 aromatic carbocycles. The van der Waals surface area contributed by atoms with Crippen molar-refractivity contribution in [2.24, 2.45) is 0 Å². The van der Waals surface area contributed by atoms with Gasteiger partial charge >= 0.3 is 0 Å². The summed E-state index contributed by atoms with van der Waals surface area (Å²) in [5.41, 5.74) is 1.97. The predicted molar refractivity (Wildman–Crippen MR) is 177 cm³/mol. The van der Waals surface area contributed by atoms with Crippen molar-refractivity contribution in [1.82, 2.24) is 4.90 Å². The van der Waals surface area contributed by atoms with Crippen molar-refractivity contribution < 1.29 is 42.9 Å². The van der Waals surface area contributed by atoms with E-state index < -0.39 is 36.1 Å². The minimum Gasteiger partial charge on any atom is -0.497 e. The van der Waals surface area contributed by atoms with Crippen LogP contribution in [0.4, 0.5) is 11.4 Å². The summed E-state index contributed by atoms with van der Waals surface area (Å²) >= 11 is 0. The number of amides is 3. The zero-order chi connectivity index (χ0) is 34.4. The summed E-state index contributed by atoms with van der Waals surface area (Å²) in [5, 5.41) is 2.90. The van der Waals surface area contributed by atoms with Gasteiger partial charge in [0.1, 0.15) is 24.1 Å². The highest BCUT2D eigenvalue weighted by molar-refractivity contribution is 6.52. The molecule has 0 bridgehead atoms. The number of ether oxygens (including phenoxy) is 5. The molecule has 0 fully saturated rings. The van der Waals surface area contributed by atoms with Gasteiger partial charge in [-0.3, -0.25) is 24.1 Å². The number of benzene rings is 4. The largest absolute Gasteiger partial charge is 0.497 e. The van der Waals surface area contributed by atoms with Crippen LogP contribution in [0.15, 0.2) is 84.9 Å². The number of methoxy groups -OCH3 is 5. The first kappa shape index (κ1) is 33.3. The molecule has 0 saturated heterocycles. The molecule has 0 spiro atoms. The van der Waals surface area contributed by atoms with Gasteiger partial charge in [0.15, 0.2) is 11.5 Å². The summed E-state index contributed by atoms with van der Waals surface area (Å²) in [6.07, 6.45) is 0. The van der Waals surface area contributed by atoms with Crippen LogP contribution in [0.25, 0.3) is 0 Å². The Bertz CT molecular complexity index is 1800. The Hall–Kier alpha value is -6.04. The Morgan fingerprint density at radius 1 is 0.750 bits per heavy atom. The molecule has 0 aliphatic carbocycles. The Morgan fingerprint density at radius 3 is 1.90 bits per heavy atom. The van der Waals surface area contributed by atoms with Gasteiger partial charge in [-0.15, -0.1) is 0 Å². The van der Waals surface area contributed by atoms with Crippen LogP contribution >= 0.6 is 0 Å². The molecule has 12 heteroatoms. The second-order valence-electron chi connectivity index (χ2n) is 10.7. The Labute approximate surface area is 277 Å². The predicted octanol–water partition coefficient (Wildman–Crippen LogP) is 4.67. The molecule has 48 heavy (non-hydrogen) atoms. The van der Waals surface area contributed by atoms with Gasteiger partial charge in [-0.1, -0.05) is 24.3 Å². The van der Waals surface area contributed by atoms with E-state index in [1.807, 2.05) is 0 Å². The molecule has 1 aliphatic heterocycles. The smallest absolute Gasteiger partial charge is 0.299 e. The van der Waals surface area contributed by atoms with E-state index in [0.717, 1.165) is 4.90 Å². The lowest BCUT2D eigenvalue weighted by Gasteiger charge is -2.33. The topological polar surface area (TPSA) is 133 Å². The zero-order valence-corrected chi connectivity index (χ0v) is 27.1. The second kappa shape index (κ2) is 14.6. The average Bonchev–Trinajstić information content (AvgIpc) is 3.35. The van der Waals surface area contributed by atoms with Crippen molar-refractivity contribution in [3.63, 3.8) is 0 Å². The summed E-state index contributed by atoms with van der Waals surface area (Å²) in [6.45, 7) is -0.563. The molecule has 1 heterocycles. The molecule has 1 atom stereocenters. The van der Waals surface area contributed by atoms with E-state index in [1.54, 1.807) is 86.0 Å². The quantitative estimate of drug-likeness (QED) is 0.205. The van der Waals surface area contributed by atoms with Crippen molar-refractivity contribution in [3.05, 3.63) is 102 Å². The summed E-state index contributed by atoms with van der Waals surface area (Å²) < 4.78 is 27.2. The molecule has 0 aromatic heterocycles. The van der Waals surface area contributed by atoms with Gasteiger partial charge in [-0.2, -0.15) is 0 Å². The summed E-state index contributed by atoms with van der Waals surface area (Å²) in [4.78, 5) is 57.3. The molecule has 5 rings (SSSR count). The van der Waals surface area contributed by atoms with E-state index in [1.165, 1.54) is 39.4 Å². The van der Waals surface area contributed by atoms with Gasteiger partial charge in [0, 0.05) is 12.2 Å². The maximum atomic E-state index is 14.5. The Balaban J connectivity index is 1.63. The molecule has 4 aromatic rings. The van der Waals surface area contributed by atoms with E-state index in [4.69, 9.17) is 23.7 Å². The van der Waals surface area contributed by atoms with Crippen LogP contribution in [0.5, 0.6) is 28.7 Å². The highest BCUT2D eigenvalue weighted by atomic mass is 16.5. The van der Waals surface area contributed by atoms with Crippen LogP contribution < -0.4 is 33.9 Å². The number of nitrogens with one attached hydrogen (secondary N) is 1. The SMILES string of the molecule is COc1ccc(CN(C(=O)CN2C(=O)C(=O)c3ccccc32)C(C(=O)Nc2ccc(OC)cc2)c2cc(OC)c(OC)c(OC)c2)cc1. The van der Waals surface area contributed by atoms with Crippen molar-refractivity contribution >= 4 is 34.9 Å². The molecule has 1 unspecified atom stereocenters. The van der Waals surface area contributed by atoms with Crippen molar-refractivity contribution in [2.75, 3.05) is 52.3 Å². The van der Waals surface area contributed by atoms with E-state index in [0.29, 0.717) is 39.8 Å². The number of anilines is 2. The number of nitrogens with zero attached hydrogens (tertiary/aromatic N) is 2. The van der Waals surface area contributed by atoms with Crippen LogP contribution in [0.1, 0.15) is 27.5 Å². The molecule has 12 nitrogen and oxygen atoms in total. The highest BCUT2D eigenvalue weighted by Gasteiger charge is 2.40. The van der Waals surface area contributed by atoms with Crippen LogP contribution in [0.2, 0.25) is 0 Å². The second-order valence-corrected chi connectivity index (χ2v) is 10.7. The maximum Gasteiger partial charge on any atom is 0.299 e. The van der Waals surface area contributed by atoms with Gasteiger partial charge < -0.3 is 33.9 Å². The molecule has 1 aliphatic rings. The highest BCUT2D eigenvalue weighted by Crippen LogP contribution is 2.41. The van der Waals surface area contributed by atoms with E-state index in [2.05, 4.69) is 5.32 Å². The first-order valence-corrected chi connectivity index (χ1v) is 14.8. The number of Topliss-reactive ketones (excluding diaryl/α,β-unsaturated/α-hetero) is 1. The molecule has 248 valence electrons. The van der Waals surface area contributed by atoms with E-state index in [-0.39, 0.29) is 23.6 Å². The average molecular weight is 654 g/mol. The van der Waals surface area contributed by atoms with Crippen molar-refractivity contribution in [2.45, 2.75) is 12.6 Å². The Morgan fingerprint density at radius 2 is 1.33 bits per heavy atom. The van der Waals surface area contributed by atoms with Crippen LogP contribution in [-0.4, -0.2) is 70.5 Å². The normalized spacial score (nSPS) is 12.6. The third kappa shape index (κ3) is 6.73. The molecule has 1 N–H and O–H groups in total. The lowest BCUT2D eigenvalue weighted by Crippen LogP contribution is -2.46. The van der Waals surface area contributed by atoms with Crippen molar-refractivity contribution in [1.29, 1.82) is 0 Å². The lowest BCUT2D eigenvalue weighted by molar-refractivity contribution is -0.139. The monoisotopic (exact) mass is 653 g/mol. The minimum atomic E-state index is -1.29. The van der Waals surface area contributed by atoms with Gasteiger partial charge in [0.25, 0.3) is 17.6 Å². The number of hydrogen-bond acceptors (Lipinski definition) is 9. The van der Waals surface area contributed by atoms with Gasteiger partial charge in [-0.05, 0) is 71.8 Å². The Kier molecular flexibility index (Phi) is 10.1. The van der Waals surface area contributed by atoms with Crippen LogP contribution in [0, 0.1) is 0 Å². The van der Waals surface area contributed by atoms with Gasteiger partial charge in [-0.25, -0.2) is 0 Å². The van der Waals surface area contributed by atoms with Crippen LogP contribution in [0.3, 0.4) is 0 Å². The van der Waals surface area contributed by atoms with E-state index >= 15 is 0 Å². The zero-order valence-electron chi connectivity index (χ0n) is 27.1. The van der Waals surface area contributed by atoms with Gasteiger partial charge in [0.05, 0.1) is 46.8 Å². The number of para-hydroxylation sites is 1. The fourth-order valence-corrected chi connectivity index (χ4v) is 5.50. The minimum absolute atomic E-state index is 0.0577. The van der Waals surface area contributed by atoms with E-state index in [9.17, 15) is 19.2 Å².